The molecular formula is C19H30N2O4. The number of allylic oxidation sites excluding steroid dienone is 1. The molecule has 2 unspecified atom stereocenters. The van der Waals surface area contributed by atoms with E-state index in [0.29, 0.717) is 25.0 Å². The van der Waals surface area contributed by atoms with Crippen molar-refractivity contribution in [2.45, 2.75) is 65.8 Å². The van der Waals surface area contributed by atoms with Crippen molar-refractivity contribution in [2.24, 2.45) is 15.8 Å². The average Bonchev–Trinajstić information content (AvgIpc) is 2.47. The third-order valence-electron chi connectivity index (χ3n) is 4.55. The Labute approximate surface area is 150 Å². The third-order valence-corrected chi connectivity index (χ3v) is 4.55. The van der Waals surface area contributed by atoms with Crippen LogP contribution in [0, 0.1) is 10.8 Å². The maximum atomic E-state index is 12.0. The number of carbonyl (C=O) groups is 2. The van der Waals surface area contributed by atoms with Gasteiger partial charge in [0.1, 0.15) is 0 Å². The second-order valence-electron chi connectivity index (χ2n) is 8.25. The fraction of sp³-hybridized carbons (Fsp3) is 0.737. The SMILES string of the molecule is C=C(C)C(=O)CCCOC(=O)NC1CC(C)(C)CC(C)(CN=C=O)C1. The number of nitrogens with one attached hydrogen (secondary N) is 1. The zero-order chi connectivity index (χ0) is 19.1. The first-order valence-corrected chi connectivity index (χ1v) is 8.73. The molecule has 0 bridgehead atoms. The number of ketones is 1. The van der Waals surface area contributed by atoms with Crippen LogP contribution in [-0.4, -0.2) is 37.1 Å². The lowest BCUT2D eigenvalue weighted by molar-refractivity contribution is -0.115. The quantitative estimate of drug-likeness (QED) is 0.314. The van der Waals surface area contributed by atoms with Crippen LogP contribution in [0.15, 0.2) is 17.1 Å². The van der Waals surface area contributed by atoms with Gasteiger partial charge < -0.3 is 10.1 Å². The average molecular weight is 350 g/mol. The van der Waals surface area contributed by atoms with Crippen molar-refractivity contribution in [1.82, 2.24) is 5.32 Å². The lowest BCUT2D eigenvalue weighted by atomic mass is 9.62. The summed E-state index contributed by atoms with van der Waals surface area (Å²) in [6, 6.07) is -0.0276. The van der Waals surface area contributed by atoms with E-state index in [0.717, 1.165) is 19.3 Å². The highest BCUT2D eigenvalue weighted by molar-refractivity contribution is 5.94. The first-order valence-electron chi connectivity index (χ1n) is 8.73. The first kappa shape index (κ1) is 21.1. The second-order valence-corrected chi connectivity index (χ2v) is 8.25. The number of ether oxygens (including phenoxy) is 1. The van der Waals surface area contributed by atoms with Gasteiger partial charge in [0.15, 0.2) is 5.78 Å². The van der Waals surface area contributed by atoms with Crippen molar-refractivity contribution >= 4 is 18.0 Å². The van der Waals surface area contributed by atoms with E-state index < -0.39 is 6.09 Å². The summed E-state index contributed by atoms with van der Waals surface area (Å²) in [7, 11) is 0. The molecule has 1 fully saturated rings. The smallest absolute Gasteiger partial charge is 0.407 e. The standard InChI is InChI=1S/C19H30N2O4/c1-14(2)16(23)7-6-8-25-17(24)21-15-9-18(3,4)11-19(5,10-15)12-20-13-22/h15H,1,6-12H2,2-5H3,(H,21,24). The number of rotatable bonds is 8. The number of hydrogen-bond acceptors (Lipinski definition) is 5. The maximum absolute atomic E-state index is 12.0. The van der Waals surface area contributed by atoms with Crippen molar-refractivity contribution in [3.8, 4) is 0 Å². The van der Waals surface area contributed by atoms with E-state index in [-0.39, 0.29) is 29.3 Å². The Bertz CT molecular complexity index is 564. The van der Waals surface area contributed by atoms with Gasteiger partial charge in [-0.1, -0.05) is 27.4 Å². The maximum Gasteiger partial charge on any atom is 0.407 e. The van der Waals surface area contributed by atoms with E-state index in [1.807, 2.05) is 0 Å². The van der Waals surface area contributed by atoms with Gasteiger partial charge in [0, 0.05) is 12.5 Å². The molecule has 0 saturated heterocycles. The molecule has 2 atom stereocenters. The molecule has 140 valence electrons. The molecule has 0 aliphatic heterocycles. The van der Waals surface area contributed by atoms with Gasteiger partial charge in [0.25, 0.3) is 0 Å². The Kier molecular flexibility index (Phi) is 7.56. The molecule has 0 aromatic rings. The van der Waals surface area contributed by atoms with E-state index >= 15 is 0 Å². The minimum absolute atomic E-state index is 0.00969. The number of nitrogens with zero attached hydrogens (tertiary/aromatic N) is 1. The molecule has 6 heteroatoms. The van der Waals surface area contributed by atoms with E-state index in [4.69, 9.17) is 4.74 Å². The number of carbonyl (C=O) groups excluding carboxylic acids is 3. The molecule has 0 spiro atoms. The first-order chi connectivity index (χ1) is 11.6. The largest absolute Gasteiger partial charge is 0.450 e. The molecule has 0 aromatic carbocycles. The highest BCUT2D eigenvalue weighted by Crippen LogP contribution is 2.46. The van der Waals surface area contributed by atoms with Crippen LogP contribution in [-0.2, 0) is 14.3 Å². The lowest BCUT2D eigenvalue weighted by Gasteiger charge is -2.45. The highest BCUT2D eigenvalue weighted by Gasteiger charge is 2.41. The van der Waals surface area contributed by atoms with E-state index in [2.05, 4.69) is 37.7 Å². The Morgan fingerprint density at radius 1 is 1.32 bits per heavy atom. The van der Waals surface area contributed by atoms with Gasteiger partial charge >= 0.3 is 6.09 Å². The summed E-state index contributed by atoms with van der Waals surface area (Å²) < 4.78 is 5.17. The number of hydrogen-bond donors (Lipinski definition) is 1. The molecule has 1 saturated carbocycles. The van der Waals surface area contributed by atoms with E-state index in [1.165, 1.54) is 0 Å². The highest BCUT2D eigenvalue weighted by atomic mass is 16.5. The summed E-state index contributed by atoms with van der Waals surface area (Å²) >= 11 is 0. The molecule has 1 aliphatic rings. The van der Waals surface area contributed by atoms with Crippen molar-refractivity contribution in [1.29, 1.82) is 0 Å². The summed E-state index contributed by atoms with van der Waals surface area (Å²) in [5.74, 6) is -0.00969. The number of aliphatic imine (C=N–C) groups is 1. The van der Waals surface area contributed by atoms with Crippen molar-refractivity contribution in [3.63, 3.8) is 0 Å². The summed E-state index contributed by atoms with van der Waals surface area (Å²) in [5, 5.41) is 2.91. The van der Waals surface area contributed by atoms with Crippen LogP contribution in [0.4, 0.5) is 4.79 Å². The van der Waals surface area contributed by atoms with Crippen LogP contribution in [0.3, 0.4) is 0 Å². The minimum Gasteiger partial charge on any atom is -0.450 e. The van der Waals surface area contributed by atoms with Gasteiger partial charge in [-0.15, -0.1) is 0 Å². The molecule has 25 heavy (non-hydrogen) atoms. The Morgan fingerprint density at radius 2 is 2.00 bits per heavy atom. The molecule has 0 radical (unpaired) electrons. The van der Waals surface area contributed by atoms with Gasteiger partial charge in [-0.25, -0.2) is 14.6 Å². The van der Waals surface area contributed by atoms with Gasteiger partial charge in [-0.05, 0) is 49.0 Å². The molecule has 1 rings (SSSR count). The zero-order valence-corrected chi connectivity index (χ0v) is 15.8. The number of Topliss-reactive ketones (excluding diaryl/α,β-unsaturated/α-hetero) is 1. The predicted molar refractivity (Wildman–Crippen MR) is 96.1 cm³/mol. The summed E-state index contributed by atoms with van der Waals surface area (Å²) in [4.78, 5) is 37.6. The fourth-order valence-electron chi connectivity index (χ4n) is 3.90. The monoisotopic (exact) mass is 350 g/mol. The number of alkyl carbamates (subject to hydrolysis) is 1. The van der Waals surface area contributed by atoms with Crippen LogP contribution in [0.2, 0.25) is 0 Å². The van der Waals surface area contributed by atoms with Crippen LogP contribution >= 0.6 is 0 Å². The predicted octanol–water partition coefficient (Wildman–Crippen LogP) is 3.56. The van der Waals surface area contributed by atoms with Gasteiger partial charge in [0.2, 0.25) is 6.08 Å². The minimum atomic E-state index is -0.466. The fourth-order valence-corrected chi connectivity index (χ4v) is 3.90. The summed E-state index contributed by atoms with van der Waals surface area (Å²) in [6.07, 6.45) is 4.48. The molecule has 0 heterocycles. The van der Waals surface area contributed by atoms with E-state index in [1.54, 1.807) is 13.0 Å². The zero-order valence-electron chi connectivity index (χ0n) is 15.8. The van der Waals surface area contributed by atoms with E-state index in [9.17, 15) is 14.4 Å². The number of isocyanates is 1. The van der Waals surface area contributed by atoms with Crippen LogP contribution in [0.25, 0.3) is 0 Å². The van der Waals surface area contributed by atoms with Gasteiger partial charge in [-0.3, -0.25) is 4.79 Å². The van der Waals surface area contributed by atoms with Crippen LogP contribution in [0.1, 0.15) is 59.8 Å². The Balaban J connectivity index is 2.48. The second kappa shape index (κ2) is 8.95. The lowest BCUT2D eigenvalue weighted by Crippen LogP contribution is -2.48. The van der Waals surface area contributed by atoms with Gasteiger partial charge in [-0.2, -0.15) is 0 Å². The van der Waals surface area contributed by atoms with Gasteiger partial charge in [0.05, 0.1) is 13.2 Å². The van der Waals surface area contributed by atoms with Crippen LogP contribution in [0.5, 0.6) is 0 Å². The summed E-state index contributed by atoms with van der Waals surface area (Å²) in [5.41, 5.74) is 0.411. The molecule has 1 aliphatic carbocycles. The van der Waals surface area contributed by atoms with Crippen molar-refractivity contribution in [2.75, 3.05) is 13.2 Å². The normalized spacial score (nSPS) is 24.7. The molecule has 1 N–H and O–H groups in total. The van der Waals surface area contributed by atoms with Crippen molar-refractivity contribution < 1.29 is 19.1 Å². The molecule has 6 nitrogen and oxygen atoms in total. The topological polar surface area (TPSA) is 84.8 Å². The summed E-state index contributed by atoms with van der Waals surface area (Å²) in [6.45, 7) is 12.3. The van der Waals surface area contributed by atoms with Crippen LogP contribution < -0.4 is 5.32 Å². The molecule has 0 aromatic heterocycles. The Morgan fingerprint density at radius 3 is 2.60 bits per heavy atom. The number of amides is 1. The molecular weight excluding hydrogens is 320 g/mol. The Hall–Kier alpha value is -1.94. The third kappa shape index (κ3) is 7.65. The molecule has 1 amide bonds. The van der Waals surface area contributed by atoms with Crippen molar-refractivity contribution in [3.05, 3.63) is 12.2 Å².